The summed E-state index contributed by atoms with van der Waals surface area (Å²) in [6.07, 6.45) is 0. The molecule has 0 saturated carbocycles. The molecule has 6 nitrogen and oxygen atoms in total. The fourth-order valence-corrected chi connectivity index (χ4v) is 2.04. The zero-order chi connectivity index (χ0) is 15.5. The van der Waals surface area contributed by atoms with Crippen LogP contribution in [0.1, 0.15) is 16.3 Å². The van der Waals surface area contributed by atoms with Gasteiger partial charge in [-0.25, -0.2) is 9.18 Å². The molecule has 3 aromatic rings. The van der Waals surface area contributed by atoms with E-state index < -0.39 is 5.97 Å². The summed E-state index contributed by atoms with van der Waals surface area (Å²) < 4.78 is 24.7. The molecule has 0 aliphatic rings. The van der Waals surface area contributed by atoms with E-state index in [1.807, 2.05) is 0 Å². The van der Waals surface area contributed by atoms with Gasteiger partial charge in [-0.05, 0) is 36.4 Å². The highest BCUT2D eigenvalue weighted by Crippen LogP contribution is 2.15. The number of hydrogen-bond donors (Lipinski definition) is 0. The smallest absolute Gasteiger partial charge is 0.355 e. The SMILES string of the molecule is COC(=O)c1cccc2nnc(COc3ccc(F)cc3)n12. The first-order chi connectivity index (χ1) is 10.7. The number of carbonyl (C=O) groups is 1. The minimum atomic E-state index is -0.492. The molecule has 112 valence electrons. The first-order valence-corrected chi connectivity index (χ1v) is 6.49. The van der Waals surface area contributed by atoms with Crippen LogP contribution >= 0.6 is 0 Å². The van der Waals surface area contributed by atoms with Crippen molar-refractivity contribution in [1.29, 1.82) is 0 Å². The highest BCUT2D eigenvalue weighted by Gasteiger charge is 2.15. The molecule has 0 bridgehead atoms. The van der Waals surface area contributed by atoms with Crippen LogP contribution < -0.4 is 4.74 Å². The molecule has 2 heterocycles. The van der Waals surface area contributed by atoms with Crippen LogP contribution in [0.4, 0.5) is 4.39 Å². The van der Waals surface area contributed by atoms with Gasteiger partial charge in [-0.1, -0.05) is 6.07 Å². The van der Waals surface area contributed by atoms with Gasteiger partial charge in [0, 0.05) is 0 Å². The molecule has 1 aromatic carbocycles. The summed E-state index contributed by atoms with van der Waals surface area (Å²) in [5.74, 6) is 0.107. The Balaban J connectivity index is 1.90. The van der Waals surface area contributed by atoms with Gasteiger partial charge in [-0.15, -0.1) is 10.2 Å². The average Bonchev–Trinajstić information content (AvgIpc) is 2.97. The first-order valence-electron chi connectivity index (χ1n) is 6.49. The Kier molecular flexibility index (Phi) is 3.69. The Hall–Kier alpha value is -2.96. The van der Waals surface area contributed by atoms with Crippen LogP contribution in [-0.4, -0.2) is 27.7 Å². The third-order valence-corrected chi connectivity index (χ3v) is 3.07. The Bertz CT molecular complexity index is 815. The van der Waals surface area contributed by atoms with Gasteiger partial charge in [0.05, 0.1) is 7.11 Å². The van der Waals surface area contributed by atoms with Gasteiger partial charge in [0.25, 0.3) is 0 Å². The van der Waals surface area contributed by atoms with E-state index in [2.05, 4.69) is 10.2 Å². The molecule has 0 atom stereocenters. The van der Waals surface area contributed by atoms with Crippen LogP contribution in [-0.2, 0) is 11.3 Å². The summed E-state index contributed by atoms with van der Waals surface area (Å²) in [4.78, 5) is 11.8. The normalized spacial score (nSPS) is 10.6. The van der Waals surface area contributed by atoms with Crippen molar-refractivity contribution in [1.82, 2.24) is 14.6 Å². The number of ether oxygens (including phenoxy) is 2. The van der Waals surface area contributed by atoms with Gasteiger partial charge < -0.3 is 9.47 Å². The second-order valence-electron chi connectivity index (χ2n) is 4.46. The maximum atomic E-state index is 12.9. The topological polar surface area (TPSA) is 65.7 Å². The van der Waals surface area contributed by atoms with Crippen LogP contribution in [0.5, 0.6) is 5.75 Å². The van der Waals surface area contributed by atoms with Gasteiger partial charge in [-0.2, -0.15) is 0 Å². The fraction of sp³-hybridized carbons (Fsp3) is 0.133. The Labute approximate surface area is 125 Å². The molecule has 7 heteroatoms. The molecule has 0 aliphatic heterocycles. The van der Waals surface area contributed by atoms with E-state index in [0.717, 1.165) is 0 Å². The standard InChI is InChI=1S/C15H12FN3O3/c1-21-15(20)12-3-2-4-13-17-18-14(19(12)13)9-22-11-7-5-10(16)6-8-11/h2-8H,9H2,1H3. The number of esters is 1. The van der Waals surface area contributed by atoms with Crippen LogP contribution in [0, 0.1) is 5.82 Å². The van der Waals surface area contributed by atoms with Crippen molar-refractivity contribution >= 4 is 11.6 Å². The number of rotatable bonds is 4. The third kappa shape index (κ3) is 2.60. The lowest BCUT2D eigenvalue weighted by atomic mass is 10.3. The Morgan fingerprint density at radius 3 is 2.68 bits per heavy atom. The van der Waals surface area contributed by atoms with E-state index in [1.165, 1.54) is 31.4 Å². The molecule has 0 spiro atoms. The molecule has 0 unspecified atom stereocenters. The number of carbonyl (C=O) groups excluding carboxylic acids is 1. The van der Waals surface area contributed by atoms with Gasteiger partial charge in [0.2, 0.25) is 0 Å². The van der Waals surface area contributed by atoms with Crippen molar-refractivity contribution in [2.24, 2.45) is 0 Å². The summed E-state index contributed by atoms with van der Waals surface area (Å²) in [5.41, 5.74) is 0.823. The van der Waals surface area contributed by atoms with E-state index in [0.29, 0.717) is 22.9 Å². The zero-order valence-electron chi connectivity index (χ0n) is 11.7. The van der Waals surface area contributed by atoms with E-state index >= 15 is 0 Å². The van der Waals surface area contributed by atoms with Crippen LogP contribution in [0.15, 0.2) is 42.5 Å². The molecule has 22 heavy (non-hydrogen) atoms. The van der Waals surface area contributed by atoms with Crippen molar-refractivity contribution in [2.75, 3.05) is 7.11 Å². The molecule has 0 radical (unpaired) electrons. The number of halogens is 1. The van der Waals surface area contributed by atoms with Crippen LogP contribution in [0.2, 0.25) is 0 Å². The van der Waals surface area contributed by atoms with Crippen molar-refractivity contribution in [3.05, 3.63) is 59.8 Å². The second kappa shape index (κ2) is 5.80. The predicted octanol–water partition coefficient (Wildman–Crippen LogP) is 2.23. The molecule has 0 aliphatic carbocycles. The van der Waals surface area contributed by atoms with Gasteiger partial charge in [0.15, 0.2) is 11.5 Å². The minimum absolute atomic E-state index is 0.0841. The number of aromatic nitrogens is 3. The number of benzene rings is 1. The number of hydrogen-bond acceptors (Lipinski definition) is 5. The van der Waals surface area contributed by atoms with E-state index in [4.69, 9.17) is 9.47 Å². The second-order valence-corrected chi connectivity index (χ2v) is 4.46. The zero-order valence-corrected chi connectivity index (χ0v) is 11.7. The largest absolute Gasteiger partial charge is 0.486 e. The monoisotopic (exact) mass is 301 g/mol. The summed E-state index contributed by atoms with van der Waals surface area (Å²) in [5, 5.41) is 8.00. The molecular formula is C15H12FN3O3. The van der Waals surface area contributed by atoms with Crippen molar-refractivity contribution in [2.45, 2.75) is 6.61 Å². The van der Waals surface area contributed by atoms with Gasteiger partial charge in [0.1, 0.15) is 23.9 Å². The molecule has 3 rings (SSSR count). The van der Waals surface area contributed by atoms with Crippen molar-refractivity contribution in [3.8, 4) is 5.75 Å². The average molecular weight is 301 g/mol. The molecule has 0 saturated heterocycles. The summed E-state index contributed by atoms with van der Waals surface area (Å²) in [6.45, 7) is 0.0841. The maximum Gasteiger partial charge on any atom is 0.355 e. The van der Waals surface area contributed by atoms with E-state index in [1.54, 1.807) is 22.6 Å². The van der Waals surface area contributed by atoms with Crippen molar-refractivity contribution in [3.63, 3.8) is 0 Å². The lowest BCUT2D eigenvalue weighted by molar-refractivity contribution is 0.0591. The molecule has 2 aromatic heterocycles. The Morgan fingerprint density at radius 2 is 1.95 bits per heavy atom. The first kappa shape index (κ1) is 14.0. The maximum absolute atomic E-state index is 12.9. The van der Waals surface area contributed by atoms with E-state index in [9.17, 15) is 9.18 Å². The van der Waals surface area contributed by atoms with Crippen molar-refractivity contribution < 1.29 is 18.7 Å². The molecule has 0 amide bonds. The van der Waals surface area contributed by atoms with Crippen LogP contribution in [0.3, 0.4) is 0 Å². The quantitative estimate of drug-likeness (QED) is 0.691. The number of nitrogens with zero attached hydrogens (tertiary/aromatic N) is 3. The van der Waals surface area contributed by atoms with Crippen LogP contribution in [0.25, 0.3) is 5.65 Å². The lowest BCUT2D eigenvalue weighted by Gasteiger charge is -2.07. The minimum Gasteiger partial charge on any atom is -0.486 e. The molecular weight excluding hydrogens is 289 g/mol. The third-order valence-electron chi connectivity index (χ3n) is 3.07. The molecule has 0 fully saturated rings. The number of pyridine rings is 1. The van der Waals surface area contributed by atoms with E-state index in [-0.39, 0.29) is 12.4 Å². The van der Waals surface area contributed by atoms with Gasteiger partial charge >= 0.3 is 5.97 Å². The number of fused-ring (bicyclic) bond motifs is 1. The lowest BCUT2D eigenvalue weighted by Crippen LogP contribution is -2.11. The number of methoxy groups -OCH3 is 1. The Morgan fingerprint density at radius 1 is 1.18 bits per heavy atom. The molecule has 0 N–H and O–H groups in total. The predicted molar refractivity (Wildman–Crippen MR) is 75.1 cm³/mol. The fourth-order valence-electron chi connectivity index (χ4n) is 2.04. The summed E-state index contributed by atoms with van der Waals surface area (Å²) >= 11 is 0. The summed E-state index contributed by atoms with van der Waals surface area (Å²) in [7, 11) is 1.31. The van der Waals surface area contributed by atoms with Gasteiger partial charge in [-0.3, -0.25) is 4.40 Å². The summed E-state index contributed by atoms with van der Waals surface area (Å²) in [6, 6.07) is 10.7. The highest BCUT2D eigenvalue weighted by molar-refractivity contribution is 5.88. The highest BCUT2D eigenvalue weighted by atomic mass is 19.1.